The fraction of sp³-hybridized carbons (Fsp3) is 0.375. The van der Waals surface area contributed by atoms with E-state index in [-0.39, 0.29) is 23.4 Å². The lowest BCUT2D eigenvalue weighted by Crippen LogP contribution is -2.22. The number of aryl methyl sites for hydroxylation is 3. The largest absolute Gasteiger partial charge is 0.360 e. The number of aromatic nitrogens is 3. The second kappa shape index (κ2) is 7.72. The van der Waals surface area contributed by atoms with E-state index in [0.29, 0.717) is 66.1 Å². The van der Waals surface area contributed by atoms with Crippen LogP contribution >= 0.6 is 0 Å². The highest BCUT2D eigenvalue weighted by atomic mass is 16.5. The topological polar surface area (TPSA) is 95.1 Å². The Balaban J connectivity index is 1.45. The van der Waals surface area contributed by atoms with Gasteiger partial charge in [0.2, 0.25) is 5.91 Å². The third-order valence-corrected chi connectivity index (χ3v) is 6.29. The first-order chi connectivity index (χ1) is 15.0. The van der Waals surface area contributed by atoms with Crippen LogP contribution in [0.3, 0.4) is 0 Å². The summed E-state index contributed by atoms with van der Waals surface area (Å²) in [5.74, 6) is 0.554. The summed E-state index contributed by atoms with van der Waals surface area (Å²) in [6, 6.07) is 9.91. The fourth-order valence-corrected chi connectivity index (χ4v) is 4.83. The van der Waals surface area contributed by atoms with Crippen LogP contribution in [0.5, 0.6) is 0 Å². The Hall–Kier alpha value is -3.35. The molecular weight excluding hydrogens is 394 g/mol. The number of carbonyl (C=O) groups is 3. The molecule has 0 radical (unpaired) electrons. The normalized spacial score (nSPS) is 18.0. The first-order valence-corrected chi connectivity index (χ1v) is 10.7. The van der Waals surface area contributed by atoms with Crippen LogP contribution in [0.4, 0.5) is 0 Å². The molecule has 1 aromatic carbocycles. The van der Waals surface area contributed by atoms with Crippen LogP contribution in [0.2, 0.25) is 0 Å². The lowest BCUT2D eigenvalue weighted by Gasteiger charge is -2.22. The number of nitrogens with zero attached hydrogens (tertiary/aromatic N) is 3. The SMILES string of the molecule is CC(=O)n1nc(CCc2noc3c2C(=O)CCC3)c2c1CC(c1ccccc1)CC2=O. The van der Waals surface area contributed by atoms with Crippen LogP contribution in [0, 0.1) is 0 Å². The van der Waals surface area contributed by atoms with E-state index in [1.54, 1.807) is 0 Å². The second-order valence-electron chi connectivity index (χ2n) is 8.34. The lowest BCUT2D eigenvalue weighted by molar-refractivity contribution is 0.0913. The average Bonchev–Trinajstić information content (AvgIpc) is 3.35. The molecule has 1 unspecified atom stereocenters. The molecule has 7 nitrogen and oxygen atoms in total. The minimum absolute atomic E-state index is 0.0101. The zero-order valence-electron chi connectivity index (χ0n) is 17.4. The van der Waals surface area contributed by atoms with Crippen LogP contribution in [-0.2, 0) is 25.7 Å². The first-order valence-electron chi connectivity index (χ1n) is 10.7. The van der Waals surface area contributed by atoms with Crippen LogP contribution in [-0.4, -0.2) is 32.4 Å². The predicted octanol–water partition coefficient (Wildman–Crippen LogP) is 3.75. The van der Waals surface area contributed by atoms with E-state index >= 15 is 0 Å². The van der Waals surface area contributed by atoms with Crippen LogP contribution < -0.4 is 0 Å². The molecule has 2 aromatic heterocycles. The zero-order valence-corrected chi connectivity index (χ0v) is 17.4. The van der Waals surface area contributed by atoms with Gasteiger partial charge in [-0.3, -0.25) is 14.4 Å². The van der Waals surface area contributed by atoms with Gasteiger partial charge in [-0.1, -0.05) is 35.5 Å². The van der Waals surface area contributed by atoms with Gasteiger partial charge in [0.15, 0.2) is 11.6 Å². The van der Waals surface area contributed by atoms with Crippen molar-refractivity contribution in [3.05, 3.63) is 69.9 Å². The number of carbonyl (C=O) groups excluding carboxylic acids is 3. The number of Topliss-reactive ketones (excluding diaryl/α,β-unsaturated/α-hetero) is 2. The maximum absolute atomic E-state index is 13.1. The molecule has 0 N–H and O–H groups in total. The van der Waals surface area contributed by atoms with E-state index in [2.05, 4.69) is 10.3 Å². The van der Waals surface area contributed by atoms with Crippen LogP contribution in [0.25, 0.3) is 0 Å². The van der Waals surface area contributed by atoms with Gasteiger partial charge in [0, 0.05) is 26.2 Å². The monoisotopic (exact) mass is 417 g/mol. The van der Waals surface area contributed by atoms with E-state index in [4.69, 9.17) is 4.52 Å². The number of rotatable bonds is 4. The van der Waals surface area contributed by atoms with E-state index in [1.165, 1.54) is 11.6 Å². The third-order valence-electron chi connectivity index (χ3n) is 6.29. The molecule has 0 saturated carbocycles. The molecule has 1 atom stereocenters. The minimum Gasteiger partial charge on any atom is -0.360 e. The number of ketones is 2. The Labute approximate surface area is 179 Å². The molecule has 2 aliphatic carbocycles. The summed E-state index contributed by atoms with van der Waals surface area (Å²) in [4.78, 5) is 37.7. The Morgan fingerprint density at radius 3 is 2.58 bits per heavy atom. The summed E-state index contributed by atoms with van der Waals surface area (Å²) in [6.45, 7) is 1.46. The molecule has 2 aliphatic rings. The van der Waals surface area contributed by atoms with Gasteiger partial charge in [0.05, 0.1) is 28.2 Å². The zero-order chi connectivity index (χ0) is 21.5. The molecular formula is C24H23N3O4. The van der Waals surface area contributed by atoms with Crippen LogP contribution in [0.1, 0.15) is 86.0 Å². The highest BCUT2D eigenvalue weighted by Gasteiger charge is 2.34. The number of fused-ring (bicyclic) bond motifs is 2. The van der Waals surface area contributed by atoms with Gasteiger partial charge in [-0.25, -0.2) is 4.68 Å². The van der Waals surface area contributed by atoms with Crippen molar-refractivity contribution in [2.24, 2.45) is 0 Å². The van der Waals surface area contributed by atoms with Crippen molar-refractivity contribution in [3.8, 4) is 0 Å². The molecule has 31 heavy (non-hydrogen) atoms. The Bertz CT molecular complexity index is 1190. The maximum Gasteiger partial charge on any atom is 0.243 e. The van der Waals surface area contributed by atoms with Gasteiger partial charge in [-0.05, 0) is 37.2 Å². The van der Waals surface area contributed by atoms with E-state index in [9.17, 15) is 14.4 Å². The minimum atomic E-state index is -0.210. The lowest BCUT2D eigenvalue weighted by atomic mass is 9.81. The quantitative estimate of drug-likeness (QED) is 0.642. The van der Waals surface area contributed by atoms with Crippen molar-refractivity contribution in [1.82, 2.24) is 14.9 Å². The molecule has 7 heteroatoms. The van der Waals surface area contributed by atoms with Crippen molar-refractivity contribution in [2.75, 3.05) is 0 Å². The molecule has 3 aromatic rings. The highest BCUT2D eigenvalue weighted by Crippen LogP contribution is 2.35. The first kappa shape index (κ1) is 19.6. The van der Waals surface area contributed by atoms with Crippen molar-refractivity contribution in [1.29, 1.82) is 0 Å². The van der Waals surface area contributed by atoms with Gasteiger partial charge < -0.3 is 4.52 Å². The fourth-order valence-electron chi connectivity index (χ4n) is 4.83. The van der Waals surface area contributed by atoms with Gasteiger partial charge in [-0.2, -0.15) is 5.10 Å². The molecule has 0 spiro atoms. The van der Waals surface area contributed by atoms with Gasteiger partial charge in [-0.15, -0.1) is 0 Å². The summed E-state index contributed by atoms with van der Waals surface area (Å²) in [6.07, 6.45) is 3.88. The van der Waals surface area contributed by atoms with Gasteiger partial charge in [0.1, 0.15) is 5.76 Å². The van der Waals surface area contributed by atoms with Crippen molar-refractivity contribution in [3.63, 3.8) is 0 Å². The molecule has 0 saturated heterocycles. The van der Waals surface area contributed by atoms with Crippen molar-refractivity contribution in [2.45, 2.75) is 57.8 Å². The van der Waals surface area contributed by atoms with Crippen molar-refractivity contribution < 1.29 is 18.9 Å². The number of hydrogen-bond acceptors (Lipinski definition) is 6. The molecule has 2 heterocycles. The van der Waals surface area contributed by atoms with Crippen molar-refractivity contribution >= 4 is 17.5 Å². The maximum atomic E-state index is 13.1. The van der Waals surface area contributed by atoms with E-state index in [0.717, 1.165) is 18.4 Å². The Kier molecular flexibility index (Phi) is 4.88. The van der Waals surface area contributed by atoms with Crippen LogP contribution in [0.15, 0.2) is 34.9 Å². The summed E-state index contributed by atoms with van der Waals surface area (Å²) >= 11 is 0. The number of benzene rings is 1. The molecule has 0 amide bonds. The summed E-state index contributed by atoms with van der Waals surface area (Å²) < 4.78 is 6.74. The molecule has 0 bridgehead atoms. The molecule has 158 valence electrons. The highest BCUT2D eigenvalue weighted by molar-refractivity contribution is 6.01. The molecule has 5 rings (SSSR count). The predicted molar refractivity (Wildman–Crippen MR) is 112 cm³/mol. The molecule has 0 aliphatic heterocycles. The Morgan fingerprint density at radius 2 is 1.81 bits per heavy atom. The third kappa shape index (κ3) is 3.44. The number of hydrogen-bond donors (Lipinski definition) is 0. The standard InChI is InChI=1S/C24H23N3O4/c1-14(28)27-19-12-16(15-6-3-2-4-7-15)13-21(30)23(19)17(25-27)10-11-18-24-20(29)8-5-9-22(24)31-26-18/h2-4,6-7,16H,5,8-13H2,1H3. The molecule has 0 fully saturated rings. The second-order valence-corrected chi connectivity index (χ2v) is 8.34. The smallest absolute Gasteiger partial charge is 0.243 e. The summed E-state index contributed by atoms with van der Waals surface area (Å²) in [7, 11) is 0. The van der Waals surface area contributed by atoms with Gasteiger partial charge >= 0.3 is 0 Å². The average molecular weight is 417 g/mol. The summed E-state index contributed by atoms with van der Waals surface area (Å²) in [5, 5.41) is 8.61. The van der Waals surface area contributed by atoms with E-state index in [1.807, 2.05) is 30.3 Å². The summed E-state index contributed by atoms with van der Waals surface area (Å²) in [5.41, 5.74) is 4.16. The Morgan fingerprint density at radius 1 is 1.03 bits per heavy atom. The van der Waals surface area contributed by atoms with Gasteiger partial charge in [0.25, 0.3) is 0 Å². The van der Waals surface area contributed by atoms with E-state index < -0.39 is 0 Å².